The molecular formula is C33H47N7O4. The quantitative estimate of drug-likeness (QED) is 0.294. The maximum Gasteiger partial charge on any atom is 0.236 e. The number of hydrazine groups is 1. The normalized spacial score (nSPS) is 15.6. The predicted molar refractivity (Wildman–Crippen MR) is 173 cm³/mol. The van der Waals surface area contributed by atoms with Crippen LogP contribution >= 0.6 is 0 Å². The van der Waals surface area contributed by atoms with Gasteiger partial charge in [-0.25, -0.2) is 5.01 Å². The Morgan fingerprint density at radius 2 is 1.93 bits per heavy atom. The summed E-state index contributed by atoms with van der Waals surface area (Å²) >= 11 is 0. The second-order valence-corrected chi connectivity index (χ2v) is 11.3. The van der Waals surface area contributed by atoms with Crippen molar-refractivity contribution in [3.8, 4) is 11.8 Å². The molecule has 3 N–H and O–H groups in total. The Hall–Kier alpha value is -3.95. The summed E-state index contributed by atoms with van der Waals surface area (Å²) < 4.78 is 5.11. The van der Waals surface area contributed by atoms with Crippen LogP contribution in [0.3, 0.4) is 0 Å². The van der Waals surface area contributed by atoms with E-state index >= 15 is 0 Å². The number of phenolic OH excluding ortho intramolecular Hbond substituents is 1. The number of nitrogens with zero attached hydrogens (tertiary/aromatic N) is 5. The zero-order valence-electron chi connectivity index (χ0n) is 26.7. The number of nitriles is 1. The molecule has 2 aliphatic rings. The molecule has 0 spiro atoms. The van der Waals surface area contributed by atoms with Crippen molar-refractivity contribution in [1.82, 2.24) is 20.5 Å². The third-order valence-electron chi connectivity index (χ3n) is 7.74. The molecule has 0 saturated carbocycles. The zero-order valence-corrected chi connectivity index (χ0v) is 26.7. The molecule has 44 heavy (non-hydrogen) atoms. The number of carbonyl (C=O) groups is 2. The van der Waals surface area contributed by atoms with E-state index in [2.05, 4.69) is 50.9 Å². The molecule has 238 valence electrons. The van der Waals surface area contributed by atoms with Gasteiger partial charge in [-0.1, -0.05) is 6.07 Å². The van der Waals surface area contributed by atoms with Gasteiger partial charge in [-0.2, -0.15) is 5.26 Å². The molecule has 2 aliphatic heterocycles. The minimum Gasteiger partial charge on any atom is -0.508 e. The van der Waals surface area contributed by atoms with Crippen LogP contribution in [-0.2, 0) is 27.5 Å². The van der Waals surface area contributed by atoms with E-state index in [9.17, 15) is 20.0 Å². The lowest BCUT2D eigenvalue weighted by Crippen LogP contribution is -2.42. The van der Waals surface area contributed by atoms with Gasteiger partial charge in [-0.3, -0.25) is 14.7 Å². The highest BCUT2D eigenvalue weighted by Gasteiger charge is 2.23. The second-order valence-electron chi connectivity index (χ2n) is 11.3. The van der Waals surface area contributed by atoms with Crippen molar-refractivity contribution < 1.29 is 19.4 Å². The molecule has 0 aromatic heterocycles. The van der Waals surface area contributed by atoms with Gasteiger partial charge in [0.2, 0.25) is 5.91 Å². The van der Waals surface area contributed by atoms with E-state index in [0.29, 0.717) is 31.6 Å². The molecule has 11 nitrogen and oxygen atoms in total. The lowest BCUT2D eigenvalue weighted by molar-refractivity contribution is -0.122. The standard InChI is InChI=1S/C18H25N5.C15H22N2O4/c1-20(2)18-10-17(7-6-16(18)11-19)23-14-15(12-21(23)3)13-22-8-4-5-9-22;1-16-15(20)14(4-3-7-18)17-9-12-8-13(19)6-5-11(12)10-21-2/h6-7,10,14H,4-5,8-9,12-13H2,1-3H3;5-8,14,17,19H,3-4,9-10H2,1-2H3,(H,16,20). The largest absolute Gasteiger partial charge is 0.508 e. The number of carbonyl (C=O) groups excluding carboxylic acids is 2. The Labute approximate surface area is 261 Å². The molecule has 1 fully saturated rings. The number of hydrogen-bond donors (Lipinski definition) is 3. The lowest BCUT2D eigenvalue weighted by Gasteiger charge is -2.26. The molecule has 0 radical (unpaired) electrons. The van der Waals surface area contributed by atoms with Crippen LogP contribution in [0.15, 0.2) is 48.2 Å². The molecule has 11 heteroatoms. The van der Waals surface area contributed by atoms with Gasteiger partial charge < -0.3 is 30.2 Å². The molecule has 4 rings (SSSR count). The van der Waals surface area contributed by atoms with Gasteiger partial charge in [-0.15, -0.1) is 0 Å². The van der Waals surface area contributed by atoms with Crippen LogP contribution in [0.2, 0.25) is 0 Å². The second kappa shape index (κ2) is 17.4. The van der Waals surface area contributed by atoms with Crippen LogP contribution in [0, 0.1) is 11.3 Å². The Bertz CT molecular complexity index is 1320. The highest BCUT2D eigenvalue weighted by atomic mass is 16.5. The first-order chi connectivity index (χ1) is 21.2. The Balaban J connectivity index is 0.000000242. The number of likely N-dealkylation sites (N-methyl/N-ethyl adjacent to an activating group) is 2. The minimum atomic E-state index is -0.446. The number of methoxy groups -OCH3 is 1. The number of likely N-dealkylation sites (tertiary alicyclic amines) is 1. The number of rotatable bonds is 13. The van der Waals surface area contributed by atoms with Gasteiger partial charge in [-0.05, 0) is 79.4 Å². The number of aldehydes is 1. The smallest absolute Gasteiger partial charge is 0.236 e. The summed E-state index contributed by atoms with van der Waals surface area (Å²) in [5.74, 6) is 0.00123. The van der Waals surface area contributed by atoms with Crippen LogP contribution in [0.5, 0.6) is 5.75 Å². The van der Waals surface area contributed by atoms with Crippen LogP contribution in [0.25, 0.3) is 0 Å². The summed E-state index contributed by atoms with van der Waals surface area (Å²) in [6, 6.07) is 12.9. The molecule has 0 bridgehead atoms. The van der Waals surface area contributed by atoms with Crippen molar-refractivity contribution in [3.05, 3.63) is 64.9 Å². The number of benzene rings is 2. The van der Waals surface area contributed by atoms with E-state index in [4.69, 9.17) is 4.74 Å². The molecule has 1 unspecified atom stereocenters. The Morgan fingerprint density at radius 1 is 1.18 bits per heavy atom. The van der Waals surface area contributed by atoms with Crippen LogP contribution in [0.1, 0.15) is 42.4 Å². The Morgan fingerprint density at radius 3 is 2.57 bits per heavy atom. The molecule has 1 atom stereocenters. The Kier molecular flexibility index (Phi) is 13.6. The topological polar surface area (TPSA) is 124 Å². The maximum atomic E-state index is 11.8. The fourth-order valence-electron chi connectivity index (χ4n) is 5.44. The first-order valence-corrected chi connectivity index (χ1v) is 15.0. The van der Waals surface area contributed by atoms with E-state index < -0.39 is 6.04 Å². The average Bonchev–Trinajstić information content (AvgIpc) is 3.67. The van der Waals surface area contributed by atoms with Crippen molar-refractivity contribution in [2.45, 2.75) is 44.9 Å². The number of ether oxygens (including phenoxy) is 1. The van der Waals surface area contributed by atoms with Gasteiger partial charge in [0.1, 0.15) is 18.1 Å². The summed E-state index contributed by atoms with van der Waals surface area (Å²) in [7, 11) is 9.22. The number of hydrogen-bond acceptors (Lipinski definition) is 10. The molecule has 2 aromatic carbocycles. The number of aromatic hydroxyl groups is 1. The van der Waals surface area contributed by atoms with Gasteiger partial charge in [0.15, 0.2) is 0 Å². The van der Waals surface area contributed by atoms with Crippen molar-refractivity contribution in [2.24, 2.45) is 0 Å². The van der Waals surface area contributed by atoms with Gasteiger partial charge in [0.05, 0.1) is 29.6 Å². The average molecular weight is 606 g/mol. The number of amides is 1. The van der Waals surface area contributed by atoms with E-state index in [1.54, 1.807) is 32.4 Å². The van der Waals surface area contributed by atoms with Gasteiger partial charge in [0, 0.05) is 67.6 Å². The summed E-state index contributed by atoms with van der Waals surface area (Å²) in [6.07, 6.45) is 6.45. The summed E-state index contributed by atoms with van der Waals surface area (Å²) in [5, 5.41) is 28.9. The van der Waals surface area contributed by atoms with Crippen LogP contribution in [0.4, 0.5) is 11.4 Å². The minimum absolute atomic E-state index is 0.162. The number of phenols is 1. The summed E-state index contributed by atoms with van der Waals surface area (Å²) in [5.41, 5.74) is 6.02. The monoisotopic (exact) mass is 605 g/mol. The van der Waals surface area contributed by atoms with E-state index in [-0.39, 0.29) is 11.7 Å². The van der Waals surface area contributed by atoms with E-state index in [1.807, 2.05) is 31.1 Å². The maximum absolute atomic E-state index is 11.8. The van der Waals surface area contributed by atoms with Crippen LogP contribution < -0.4 is 20.5 Å². The summed E-state index contributed by atoms with van der Waals surface area (Å²) in [6.45, 7) is 5.32. The SMILES string of the molecule is CN(C)c1cc(N2C=C(CN3CCCC3)CN2C)ccc1C#N.CNC(=O)C(CCC=O)NCc1cc(O)ccc1COC. The number of nitrogens with one attached hydrogen (secondary N) is 2. The third kappa shape index (κ3) is 9.79. The van der Waals surface area contributed by atoms with Crippen molar-refractivity contribution in [2.75, 3.05) is 71.4 Å². The van der Waals surface area contributed by atoms with Crippen molar-refractivity contribution >= 4 is 23.6 Å². The molecule has 1 amide bonds. The van der Waals surface area contributed by atoms with Crippen molar-refractivity contribution in [1.29, 1.82) is 5.26 Å². The molecular weight excluding hydrogens is 558 g/mol. The molecule has 2 aromatic rings. The molecule has 1 saturated heterocycles. The highest BCUT2D eigenvalue weighted by molar-refractivity contribution is 5.81. The number of anilines is 2. The van der Waals surface area contributed by atoms with Gasteiger partial charge in [0.25, 0.3) is 0 Å². The molecule has 0 aliphatic carbocycles. The van der Waals surface area contributed by atoms with Crippen molar-refractivity contribution in [3.63, 3.8) is 0 Å². The van der Waals surface area contributed by atoms with E-state index in [1.165, 1.54) is 31.5 Å². The molecule has 2 heterocycles. The summed E-state index contributed by atoms with van der Waals surface area (Å²) in [4.78, 5) is 26.8. The highest BCUT2D eigenvalue weighted by Crippen LogP contribution is 2.29. The fourth-order valence-corrected chi connectivity index (χ4v) is 5.44. The zero-order chi connectivity index (χ0) is 32.1. The van der Waals surface area contributed by atoms with Gasteiger partial charge >= 0.3 is 0 Å². The first kappa shape index (κ1) is 34.5. The van der Waals surface area contributed by atoms with Crippen LogP contribution in [-0.4, -0.2) is 94.7 Å². The lowest BCUT2D eigenvalue weighted by atomic mass is 10.1. The third-order valence-corrected chi connectivity index (χ3v) is 7.74. The van der Waals surface area contributed by atoms with E-state index in [0.717, 1.165) is 41.9 Å². The fraction of sp³-hybridized carbons (Fsp3) is 0.485. The first-order valence-electron chi connectivity index (χ1n) is 15.0. The predicted octanol–water partition coefficient (Wildman–Crippen LogP) is 2.99.